The monoisotopic (exact) mass is 762 g/mol. The summed E-state index contributed by atoms with van der Waals surface area (Å²) in [6, 6.07) is 25.3. The second-order valence-electron chi connectivity index (χ2n) is 12.2. The number of hydrogen-bond acceptors (Lipinski definition) is 7. The maximum absolute atomic E-state index is 13.1. The Bertz CT molecular complexity index is 1910. The number of aromatic nitrogens is 2. The molecule has 6 rings (SSSR count). The average Bonchev–Trinajstić information content (AvgIpc) is 3.14. The van der Waals surface area contributed by atoms with E-state index >= 15 is 0 Å². The molecule has 3 aromatic carbocycles. The number of carbonyl (C=O) groups is 1. The van der Waals surface area contributed by atoms with Gasteiger partial charge in [0, 0.05) is 63.0 Å². The van der Waals surface area contributed by atoms with Crippen LogP contribution in [0.25, 0.3) is 6.08 Å². The predicted octanol–water partition coefficient (Wildman–Crippen LogP) is 9.00. The highest BCUT2D eigenvalue weighted by molar-refractivity contribution is 6.32. The minimum atomic E-state index is -0.274. The molecule has 8 nitrogen and oxygen atoms in total. The molecule has 0 N–H and O–H groups in total. The number of halogens is 4. The van der Waals surface area contributed by atoms with Gasteiger partial charge in [-0.2, -0.15) is 0 Å². The molecule has 52 heavy (non-hydrogen) atoms. The van der Waals surface area contributed by atoms with E-state index < -0.39 is 0 Å². The van der Waals surface area contributed by atoms with Gasteiger partial charge < -0.3 is 19.1 Å². The number of aryl methyl sites for hydroxylation is 1. The molecule has 2 aromatic heterocycles. The number of amides is 1. The van der Waals surface area contributed by atoms with Crippen LogP contribution >= 0.6 is 35.6 Å². The van der Waals surface area contributed by atoms with E-state index in [1.165, 1.54) is 23.3 Å². The Balaban J connectivity index is 0.00000523. The molecular weight excluding hydrogens is 726 g/mol. The Morgan fingerprint density at radius 1 is 0.827 bits per heavy atom. The third kappa shape index (κ3) is 11.2. The van der Waals surface area contributed by atoms with Crippen molar-refractivity contribution in [3.05, 3.63) is 147 Å². The highest BCUT2D eigenvalue weighted by Gasteiger charge is 2.20. The summed E-state index contributed by atoms with van der Waals surface area (Å²) < 4.78 is 30.5. The zero-order valence-corrected chi connectivity index (χ0v) is 30.8. The van der Waals surface area contributed by atoms with Crippen LogP contribution < -0.4 is 14.2 Å². The first-order valence-electron chi connectivity index (χ1n) is 16.6. The van der Waals surface area contributed by atoms with Gasteiger partial charge in [-0.15, -0.1) is 12.4 Å². The number of pyridine rings is 2. The minimum Gasteiger partial charge on any atom is -0.493 e. The van der Waals surface area contributed by atoms with Crippen molar-refractivity contribution in [2.24, 2.45) is 0 Å². The molecule has 0 spiro atoms. The molecule has 1 saturated heterocycles. The van der Waals surface area contributed by atoms with Crippen molar-refractivity contribution in [1.29, 1.82) is 0 Å². The number of hydrogen-bond donors (Lipinski definition) is 0. The largest absolute Gasteiger partial charge is 0.493 e. The standard InChI is InChI=1S/C40H37Cl2FN4O4.ClH/c1-28-22-31(23-36(41)40(28)51-38-14-12-35(25-45-38)50-27-32-6-13-37(42)44-24-32)7-15-39(48)47-19-17-46(18-20-47)26-30-4-2-29(3-5-30)16-21-49-34-10-8-33(43)9-11-34;/h2-15,22-25H,16-21,26-27H2,1H3;1H/b15-7+;. The van der Waals surface area contributed by atoms with Gasteiger partial charge in [0.05, 0.1) is 17.8 Å². The smallest absolute Gasteiger partial charge is 0.246 e. The molecule has 1 fully saturated rings. The summed E-state index contributed by atoms with van der Waals surface area (Å²) in [7, 11) is 0. The molecule has 270 valence electrons. The summed E-state index contributed by atoms with van der Waals surface area (Å²) in [6.07, 6.45) is 7.39. The molecule has 0 atom stereocenters. The first-order valence-corrected chi connectivity index (χ1v) is 17.4. The van der Waals surface area contributed by atoms with E-state index in [1.807, 2.05) is 24.0 Å². The molecule has 5 aromatic rings. The highest BCUT2D eigenvalue weighted by Crippen LogP contribution is 2.34. The molecule has 0 saturated carbocycles. The van der Waals surface area contributed by atoms with Gasteiger partial charge in [-0.1, -0.05) is 53.5 Å². The highest BCUT2D eigenvalue weighted by atomic mass is 35.5. The van der Waals surface area contributed by atoms with Gasteiger partial charge in [0.2, 0.25) is 11.8 Å². The van der Waals surface area contributed by atoms with Crippen molar-refractivity contribution >= 4 is 47.6 Å². The lowest BCUT2D eigenvalue weighted by molar-refractivity contribution is -0.127. The van der Waals surface area contributed by atoms with Crippen molar-refractivity contribution in [3.63, 3.8) is 0 Å². The fourth-order valence-corrected chi connectivity index (χ4v) is 5.97. The summed E-state index contributed by atoms with van der Waals surface area (Å²) >= 11 is 12.4. The number of piperazine rings is 1. The summed E-state index contributed by atoms with van der Waals surface area (Å²) in [5, 5.41) is 0.846. The van der Waals surface area contributed by atoms with Crippen molar-refractivity contribution < 1.29 is 23.4 Å². The van der Waals surface area contributed by atoms with Crippen molar-refractivity contribution in [3.8, 4) is 23.1 Å². The van der Waals surface area contributed by atoms with Crippen LogP contribution in [-0.4, -0.2) is 58.5 Å². The van der Waals surface area contributed by atoms with Crippen molar-refractivity contribution in [2.45, 2.75) is 26.5 Å². The van der Waals surface area contributed by atoms with Crippen molar-refractivity contribution in [2.75, 3.05) is 32.8 Å². The Morgan fingerprint density at radius 3 is 2.21 bits per heavy atom. The number of nitrogens with zero attached hydrogens (tertiary/aromatic N) is 4. The van der Waals surface area contributed by atoms with E-state index in [4.69, 9.17) is 37.4 Å². The summed E-state index contributed by atoms with van der Waals surface area (Å²) in [5.41, 5.74) is 4.91. The van der Waals surface area contributed by atoms with Crippen LogP contribution in [0, 0.1) is 12.7 Å². The van der Waals surface area contributed by atoms with Crippen LogP contribution in [0.1, 0.15) is 27.8 Å². The van der Waals surface area contributed by atoms with E-state index in [0.29, 0.717) is 59.6 Å². The fourth-order valence-electron chi connectivity index (χ4n) is 5.54. The molecule has 1 aliphatic heterocycles. The maximum atomic E-state index is 13.1. The molecular formula is C40H38Cl3FN4O4. The maximum Gasteiger partial charge on any atom is 0.246 e. The Morgan fingerprint density at radius 2 is 1.54 bits per heavy atom. The van der Waals surface area contributed by atoms with Gasteiger partial charge in [0.15, 0.2) is 5.75 Å². The normalized spacial score (nSPS) is 13.1. The van der Waals surface area contributed by atoms with Gasteiger partial charge in [-0.25, -0.2) is 14.4 Å². The van der Waals surface area contributed by atoms with E-state index in [1.54, 1.807) is 60.9 Å². The Kier molecular flexibility index (Phi) is 13.9. The molecule has 0 radical (unpaired) electrons. The molecule has 1 amide bonds. The molecule has 1 aliphatic rings. The first-order chi connectivity index (χ1) is 24.8. The summed E-state index contributed by atoms with van der Waals surface area (Å²) in [4.78, 5) is 25.6. The number of benzene rings is 3. The van der Waals surface area contributed by atoms with Crippen molar-refractivity contribution in [1.82, 2.24) is 19.8 Å². The number of carbonyl (C=O) groups excluding carboxylic acids is 1. The third-order valence-corrected chi connectivity index (χ3v) is 8.87. The summed E-state index contributed by atoms with van der Waals surface area (Å²) in [6.45, 7) is 6.49. The van der Waals surface area contributed by atoms with Crippen LogP contribution in [0.3, 0.4) is 0 Å². The Labute approximate surface area is 319 Å². The molecule has 3 heterocycles. The zero-order valence-electron chi connectivity index (χ0n) is 28.5. The number of rotatable bonds is 13. The average molecular weight is 764 g/mol. The number of ether oxygens (including phenoxy) is 3. The molecule has 0 bridgehead atoms. The summed E-state index contributed by atoms with van der Waals surface area (Å²) in [5.74, 6) is 1.81. The molecule has 12 heteroatoms. The van der Waals surface area contributed by atoms with Crippen LogP contribution in [0.4, 0.5) is 4.39 Å². The quantitative estimate of drug-likeness (QED) is 0.0876. The van der Waals surface area contributed by atoms with E-state index in [9.17, 15) is 9.18 Å². The SMILES string of the molecule is Cc1cc(/C=C/C(=O)N2CCN(Cc3ccc(CCOc4ccc(F)cc4)cc3)CC2)cc(Cl)c1Oc1ccc(OCc2ccc(Cl)nc2)cn1.Cl. The lowest BCUT2D eigenvalue weighted by Crippen LogP contribution is -2.47. The molecule has 0 unspecified atom stereocenters. The van der Waals surface area contributed by atoms with Crippen LogP contribution in [0.2, 0.25) is 10.2 Å². The second kappa shape index (κ2) is 18.7. The predicted molar refractivity (Wildman–Crippen MR) is 204 cm³/mol. The lowest BCUT2D eigenvalue weighted by Gasteiger charge is -2.34. The first kappa shape index (κ1) is 38.6. The fraction of sp³-hybridized carbons (Fsp3) is 0.225. The van der Waals surface area contributed by atoms with Gasteiger partial charge >= 0.3 is 0 Å². The van der Waals surface area contributed by atoms with Crippen LogP contribution in [0.5, 0.6) is 23.1 Å². The zero-order chi connectivity index (χ0) is 35.6. The van der Waals surface area contributed by atoms with Gasteiger partial charge in [0.1, 0.15) is 29.1 Å². The third-order valence-electron chi connectivity index (χ3n) is 8.37. The van der Waals surface area contributed by atoms with Gasteiger partial charge in [0.25, 0.3) is 0 Å². The van der Waals surface area contributed by atoms with E-state index in [0.717, 1.165) is 42.7 Å². The second-order valence-corrected chi connectivity index (χ2v) is 13.0. The molecule has 0 aliphatic carbocycles. The van der Waals surface area contributed by atoms with E-state index in [-0.39, 0.29) is 24.1 Å². The lowest BCUT2D eigenvalue weighted by atomic mass is 10.1. The minimum absolute atomic E-state index is 0. The Hall–Kier alpha value is -4.67. The van der Waals surface area contributed by atoms with E-state index in [2.05, 4.69) is 39.1 Å². The topological polar surface area (TPSA) is 77.0 Å². The van der Waals surface area contributed by atoms with Gasteiger partial charge in [-0.05, 0) is 83.8 Å². The van der Waals surface area contributed by atoms with Gasteiger partial charge in [-0.3, -0.25) is 9.69 Å². The van der Waals surface area contributed by atoms with Crippen LogP contribution in [0.15, 0.2) is 103 Å². The van der Waals surface area contributed by atoms with Crippen LogP contribution in [-0.2, 0) is 24.4 Å².